The number of hydrogen-bond acceptors (Lipinski definition) is 4. The number of halogens is 1. The largest absolute Gasteiger partial charge is 0.444 e. The molecule has 0 saturated heterocycles. The maximum absolute atomic E-state index is 12.8. The van der Waals surface area contributed by atoms with Crippen molar-refractivity contribution >= 4 is 29.4 Å². The summed E-state index contributed by atoms with van der Waals surface area (Å²) in [5.41, 5.74) is -0.129. The Hall–Kier alpha value is -2.08. The van der Waals surface area contributed by atoms with E-state index in [0.717, 1.165) is 25.7 Å². The molecule has 2 amide bonds. The first-order valence-electron chi connectivity index (χ1n) is 10.1. The van der Waals surface area contributed by atoms with Gasteiger partial charge in [0.1, 0.15) is 11.6 Å². The summed E-state index contributed by atoms with van der Waals surface area (Å²) in [5.74, 6) is -0.272. The van der Waals surface area contributed by atoms with Crippen LogP contribution in [0.25, 0.3) is 0 Å². The molecule has 0 bridgehead atoms. The molecular weight excluding hydrogens is 392 g/mol. The van der Waals surface area contributed by atoms with Crippen LogP contribution >= 0.6 is 11.6 Å². The summed E-state index contributed by atoms with van der Waals surface area (Å²) in [6, 6.07) is 8.02. The number of alkyl halides is 1. The minimum absolute atomic E-state index is 0.121. The second-order valence-corrected chi connectivity index (χ2v) is 9.18. The molecule has 0 unspecified atom stereocenters. The quantitative estimate of drug-likeness (QED) is 0.512. The molecule has 1 fully saturated rings. The highest BCUT2D eigenvalue weighted by atomic mass is 35.5. The van der Waals surface area contributed by atoms with Crippen molar-refractivity contribution in [2.75, 3.05) is 6.54 Å². The Kier molecular flexibility index (Phi) is 8.50. The average Bonchev–Trinajstić information content (AvgIpc) is 2.66. The number of Topliss-reactive ketones (excluding diaryl/α,β-unsaturated/α-hetero) is 1. The normalized spacial score (nSPS) is 20.4. The van der Waals surface area contributed by atoms with Crippen molar-refractivity contribution in [3.63, 3.8) is 0 Å². The van der Waals surface area contributed by atoms with E-state index in [0.29, 0.717) is 17.9 Å². The highest BCUT2D eigenvalue weighted by Crippen LogP contribution is 2.30. The van der Waals surface area contributed by atoms with Crippen LogP contribution in [-0.2, 0) is 9.53 Å². The molecule has 1 aliphatic rings. The Bertz CT molecular complexity index is 695. The molecule has 1 aromatic rings. The Morgan fingerprint density at radius 1 is 1.10 bits per heavy atom. The predicted octanol–water partition coefficient (Wildman–Crippen LogP) is 4.07. The van der Waals surface area contributed by atoms with Crippen LogP contribution in [0.15, 0.2) is 30.3 Å². The predicted molar refractivity (Wildman–Crippen MR) is 113 cm³/mol. The van der Waals surface area contributed by atoms with E-state index >= 15 is 0 Å². The fourth-order valence-corrected chi connectivity index (χ4v) is 3.64. The Morgan fingerprint density at radius 3 is 2.31 bits per heavy atom. The minimum atomic E-state index is -0.759. The third kappa shape index (κ3) is 8.44. The molecule has 0 aromatic heterocycles. The SMILES string of the molecule is CC(C)(C)OC(=O)N[C@@H](CC1CCC(Cl)CC1)C(=O)NCC(=O)c1ccccc1. The van der Waals surface area contributed by atoms with Gasteiger partial charge in [0, 0.05) is 10.9 Å². The molecule has 7 heteroatoms. The molecule has 1 aromatic carbocycles. The summed E-state index contributed by atoms with van der Waals surface area (Å²) >= 11 is 6.17. The first-order valence-corrected chi connectivity index (χ1v) is 10.6. The summed E-state index contributed by atoms with van der Waals surface area (Å²) in [6.07, 6.45) is 3.49. The third-order valence-electron chi connectivity index (χ3n) is 4.87. The van der Waals surface area contributed by atoms with Gasteiger partial charge in [-0.2, -0.15) is 0 Å². The summed E-state index contributed by atoms with van der Waals surface area (Å²) in [5, 5.41) is 5.52. The summed E-state index contributed by atoms with van der Waals surface area (Å²) in [7, 11) is 0. The highest BCUT2D eigenvalue weighted by molar-refractivity contribution is 6.20. The number of hydrogen-bond donors (Lipinski definition) is 2. The van der Waals surface area contributed by atoms with Crippen LogP contribution in [0.4, 0.5) is 4.79 Å². The van der Waals surface area contributed by atoms with Gasteiger partial charge in [-0.05, 0) is 58.8 Å². The van der Waals surface area contributed by atoms with Gasteiger partial charge in [-0.25, -0.2) is 4.79 Å². The number of ether oxygens (including phenoxy) is 1. The van der Waals surface area contributed by atoms with Crippen molar-refractivity contribution < 1.29 is 19.1 Å². The first-order chi connectivity index (χ1) is 13.6. The van der Waals surface area contributed by atoms with E-state index < -0.39 is 17.7 Å². The number of rotatable bonds is 7. The van der Waals surface area contributed by atoms with Crippen molar-refractivity contribution in [1.82, 2.24) is 10.6 Å². The Morgan fingerprint density at radius 2 is 1.72 bits per heavy atom. The second kappa shape index (κ2) is 10.6. The number of benzene rings is 1. The maximum atomic E-state index is 12.8. The zero-order valence-electron chi connectivity index (χ0n) is 17.4. The van der Waals surface area contributed by atoms with E-state index in [1.165, 1.54) is 0 Å². The Labute approximate surface area is 177 Å². The lowest BCUT2D eigenvalue weighted by molar-refractivity contribution is -0.123. The molecule has 0 heterocycles. The Balaban J connectivity index is 1.97. The van der Waals surface area contributed by atoms with Crippen molar-refractivity contribution in [1.29, 1.82) is 0 Å². The van der Waals surface area contributed by atoms with Crippen molar-refractivity contribution in [2.24, 2.45) is 5.92 Å². The molecule has 0 spiro atoms. The highest BCUT2D eigenvalue weighted by Gasteiger charge is 2.29. The van der Waals surface area contributed by atoms with E-state index in [1.54, 1.807) is 45.0 Å². The van der Waals surface area contributed by atoms with Crippen molar-refractivity contribution in [2.45, 2.75) is 69.9 Å². The number of alkyl carbamates (subject to hydrolysis) is 1. The molecule has 160 valence electrons. The number of carbonyl (C=O) groups is 3. The van der Waals surface area contributed by atoms with Gasteiger partial charge in [0.25, 0.3) is 0 Å². The summed E-state index contributed by atoms with van der Waals surface area (Å²) in [4.78, 5) is 37.3. The molecule has 2 rings (SSSR count). The number of carbonyl (C=O) groups excluding carboxylic acids is 3. The molecule has 0 radical (unpaired) electrons. The van der Waals surface area contributed by atoms with Gasteiger partial charge in [0.2, 0.25) is 5.91 Å². The zero-order valence-corrected chi connectivity index (χ0v) is 18.1. The number of ketones is 1. The number of nitrogens with one attached hydrogen (secondary N) is 2. The van der Waals surface area contributed by atoms with Gasteiger partial charge in [0.15, 0.2) is 5.78 Å². The maximum Gasteiger partial charge on any atom is 0.408 e. The topological polar surface area (TPSA) is 84.5 Å². The van der Waals surface area contributed by atoms with Gasteiger partial charge in [-0.3, -0.25) is 9.59 Å². The second-order valence-electron chi connectivity index (χ2n) is 8.56. The van der Waals surface area contributed by atoms with Gasteiger partial charge in [0.05, 0.1) is 6.54 Å². The van der Waals surface area contributed by atoms with E-state index in [-0.39, 0.29) is 23.6 Å². The lowest BCUT2D eigenvalue weighted by Crippen LogP contribution is -2.50. The summed E-state index contributed by atoms with van der Waals surface area (Å²) in [6.45, 7) is 5.18. The monoisotopic (exact) mass is 422 g/mol. The minimum Gasteiger partial charge on any atom is -0.444 e. The first kappa shape index (κ1) is 23.2. The van der Waals surface area contributed by atoms with Gasteiger partial charge in [-0.15, -0.1) is 11.6 Å². The van der Waals surface area contributed by atoms with Crippen molar-refractivity contribution in [3.8, 4) is 0 Å². The van der Waals surface area contributed by atoms with E-state index in [4.69, 9.17) is 16.3 Å². The lowest BCUT2D eigenvalue weighted by Gasteiger charge is -2.29. The number of amides is 2. The molecule has 6 nitrogen and oxygen atoms in total. The zero-order chi connectivity index (χ0) is 21.4. The van der Waals surface area contributed by atoms with E-state index in [1.807, 2.05) is 6.07 Å². The van der Waals surface area contributed by atoms with E-state index in [9.17, 15) is 14.4 Å². The van der Waals surface area contributed by atoms with Crippen LogP contribution < -0.4 is 10.6 Å². The third-order valence-corrected chi connectivity index (χ3v) is 5.31. The van der Waals surface area contributed by atoms with Crippen LogP contribution in [0.3, 0.4) is 0 Å². The molecular formula is C22H31ClN2O4. The molecule has 1 atom stereocenters. The fourth-order valence-electron chi connectivity index (χ4n) is 3.39. The molecule has 1 aliphatic carbocycles. The van der Waals surface area contributed by atoms with E-state index in [2.05, 4.69) is 10.6 Å². The van der Waals surface area contributed by atoms with Crippen LogP contribution in [0.1, 0.15) is 63.2 Å². The standard InChI is InChI=1S/C22H31ClN2O4/c1-22(2,3)29-21(28)25-18(13-15-9-11-17(23)12-10-15)20(27)24-14-19(26)16-7-5-4-6-8-16/h4-8,15,17-18H,9-14H2,1-3H3,(H,24,27)(H,25,28)/t15?,17?,18-/m0/s1. The molecule has 2 N–H and O–H groups in total. The van der Waals surface area contributed by atoms with Crippen LogP contribution in [0.5, 0.6) is 0 Å². The van der Waals surface area contributed by atoms with Gasteiger partial charge in [-0.1, -0.05) is 30.3 Å². The van der Waals surface area contributed by atoms with Crippen LogP contribution in [-0.4, -0.2) is 41.3 Å². The smallest absolute Gasteiger partial charge is 0.408 e. The molecule has 1 saturated carbocycles. The van der Waals surface area contributed by atoms with Gasteiger partial charge >= 0.3 is 6.09 Å². The lowest BCUT2D eigenvalue weighted by atomic mass is 9.84. The van der Waals surface area contributed by atoms with Crippen LogP contribution in [0.2, 0.25) is 0 Å². The fraction of sp³-hybridized carbons (Fsp3) is 0.591. The van der Waals surface area contributed by atoms with Crippen LogP contribution in [0, 0.1) is 5.92 Å². The molecule has 29 heavy (non-hydrogen) atoms. The summed E-state index contributed by atoms with van der Waals surface area (Å²) < 4.78 is 5.30. The van der Waals surface area contributed by atoms with Gasteiger partial charge < -0.3 is 15.4 Å². The molecule has 0 aliphatic heterocycles. The average molecular weight is 423 g/mol. The van der Waals surface area contributed by atoms with Crippen molar-refractivity contribution in [3.05, 3.63) is 35.9 Å².